The van der Waals surface area contributed by atoms with E-state index < -0.39 is 6.10 Å². The first-order valence-corrected chi connectivity index (χ1v) is 23.5. The third-order valence-corrected chi connectivity index (χ3v) is 11.0. The maximum atomic E-state index is 13.0. The van der Waals surface area contributed by atoms with Crippen LogP contribution in [0.15, 0.2) is 22.0 Å². The molecule has 314 valence electrons. The van der Waals surface area contributed by atoms with Gasteiger partial charge in [-0.1, -0.05) is 168 Å². The number of pyridine rings is 1. The van der Waals surface area contributed by atoms with Crippen LogP contribution in [0.4, 0.5) is 0 Å². The Morgan fingerprint density at radius 2 is 1.07 bits per heavy atom. The number of likely N-dealkylation sites (N-methyl/N-ethyl adjacent to an activating group) is 1. The van der Waals surface area contributed by atoms with Crippen molar-refractivity contribution in [1.82, 2.24) is 4.98 Å². The number of carbonyl (C=O) groups excluding carboxylic acids is 2. The van der Waals surface area contributed by atoms with E-state index in [-0.39, 0.29) is 24.1 Å². The smallest absolute Gasteiger partial charge is 0.306 e. The maximum absolute atomic E-state index is 13.0. The van der Waals surface area contributed by atoms with Gasteiger partial charge in [-0.05, 0) is 19.1 Å². The van der Waals surface area contributed by atoms with E-state index in [0.29, 0.717) is 42.8 Å². The monoisotopic (exact) mass is 780 g/mol. The Morgan fingerprint density at radius 1 is 0.648 bits per heavy atom. The van der Waals surface area contributed by atoms with E-state index in [0.717, 1.165) is 43.6 Å². The van der Waals surface area contributed by atoms with Gasteiger partial charge in [0, 0.05) is 25.0 Å². The Bertz CT molecular complexity index is 1110. The molecule has 1 heterocycles. The number of ether oxygens (including phenoxy) is 3. The number of nitrogens with one attached hydrogen (secondary N) is 1. The minimum atomic E-state index is -0.535. The van der Waals surface area contributed by atoms with E-state index in [9.17, 15) is 14.4 Å². The first kappa shape index (κ1) is 50.0. The van der Waals surface area contributed by atoms with Crippen molar-refractivity contribution in [2.75, 3.05) is 46.7 Å². The summed E-state index contributed by atoms with van der Waals surface area (Å²) in [7, 11) is 4.11. The minimum absolute atomic E-state index is 0.0648. The number of carbonyl (C=O) groups is 2. The van der Waals surface area contributed by atoms with Crippen molar-refractivity contribution in [3.63, 3.8) is 0 Å². The lowest BCUT2D eigenvalue weighted by molar-refractivity contribution is -0.893. The second-order valence-electron chi connectivity index (χ2n) is 16.2. The Morgan fingerprint density at radius 3 is 1.52 bits per heavy atom. The molecular formula is C45H83N2O6S+. The van der Waals surface area contributed by atoms with E-state index >= 15 is 0 Å². The van der Waals surface area contributed by atoms with Crippen molar-refractivity contribution in [1.29, 1.82) is 0 Å². The first-order valence-electron chi connectivity index (χ1n) is 22.3. The van der Waals surface area contributed by atoms with Crippen LogP contribution in [0.1, 0.15) is 194 Å². The normalized spacial score (nSPS) is 12.2. The summed E-state index contributed by atoms with van der Waals surface area (Å²) >= 11 is 1.46. The molecule has 1 aromatic heterocycles. The van der Waals surface area contributed by atoms with Gasteiger partial charge in [-0.15, -0.1) is 11.8 Å². The first-order chi connectivity index (χ1) is 26.2. The number of aromatic nitrogens is 1. The highest BCUT2D eigenvalue weighted by Gasteiger charge is 2.27. The van der Waals surface area contributed by atoms with Gasteiger partial charge in [0.25, 0.3) is 5.56 Å². The highest BCUT2D eigenvalue weighted by Crippen LogP contribution is 2.18. The van der Waals surface area contributed by atoms with Gasteiger partial charge in [-0.25, -0.2) is 0 Å². The van der Waals surface area contributed by atoms with Crippen LogP contribution in [-0.4, -0.2) is 74.2 Å². The van der Waals surface area contributed by atoms with Gasteiger partial charge in [0.05, 0.1) is 19.1 Å². The van der Waals surface area contributed by atoms with Crippen LogP contribution in [0, 0.1) is 0 Å². The fourth-order valence-electron chi connectivity index (χ4n) is 6.94. The number of hydrogen-bond acceptors (Lipinski definition) is 7. The van der Waals surface area contributed by atoms with Gasteiger partial charge in [-0.3, -0.25) is 14.4 Å². The molecule has 0 saturated carbocycles. The highest BCUT2D eigenvalue weighted by atomic mass is 32.2. The van der Waals surface area contributed by atoms with Crippen molar-refractivity contribution in [3.8, 4) is 5.75 Å². The van der Waals surface area contributed by atoms with E-state index in [1.807, 2.05) is 12.3 Å². The molecule has 0 fully saturated rings. The van der Waals surface area contributed by atoms with Crippen LogP contribution in [-0.2, 0) is 19.1 Å². The third kappa shape index (κ3) is 30.2. The lowest BCUT2D eigenvalue weighted by Crippen LogP contribution is -2.50. The van der Waals surface area contributed by atoms with Crippen molar-refractivity contribution in [3.05, 3.63) is 22.5 Å². The van der Waals surface area contributed by atoms with Crippen LogP contribution < -0.4 is 10.3 Å². The molecule has 0 bridgehead atoms. The molecule has 1 rings (SSSR count). The van der Waals surface area contributed by atoms with Gasteiger partial charge in [0.1, 0.15) is 32.1 Å². The summed E-state index contributed by atoms with van der Waals surface area (Å²) in [6.07, 6.45) is 34.9. The predicted molar refractivity (Wildman–Crippen MR) is 228 cm³/mol. The second kappa shape index (κ2) is 34.3. The topological polar surface area (TPSA) is 94.7 Å². The van der Waals surface area contributed by atoms with E-state index in [2.05, 4.69) is 32.9 Å². The molecule has 0 aliphatic heterocycles. The van der Waals surface area contributed by atoms with Crippen LogP contribution in [0.25, 0.3) is 0 Å². The molecule has 0 amide bonds. The number of esters is 2. The fraction of sp³-hybridized carbons (Fsp3) is 0.844. The zero-order valence-electron chi connectivity index (χ0n) is 35.7. The molecule has 0 saturated heterocycles. The number of aromatic amines is 1. The molecule has 0 aliphatic rings. The average molecular weight is 780 g/mol. The van der Waals surface area contributed by atoms with E-state index in [4.69, 9.17) is 14.2 Å². The fourth-order valence-corrected chi connectivity index (χ4v) is 7.38. The van der Waals surface area contributed by atoms with Crippen molar-refractivity contribution in [2.45, 2.75) is 205 Å². The maximum Gasteiger partial charge on any atom is 0.306 e. The zero-order valence-corrected chi connectivity index (χ0v) is 36.5. The Kier molecular flexibility index (Phi) is 31.7. The summed E-state index contributed by atoms with van der Waals surface area (Å²) in [5.74, 6) is 0.0918. The number of rotatable bonds is 38. The number of nitrogens with zero attached hydrogens (tertiary/aromatic N) is 1. The molecular weight excluding hydrogens is 697 g/mol. The summed E-state index contributed by atoms with van der Waals surface area (Å²) in [4.78, 5) is 40.4. The summed E-state index contributed by atoms with van der Waals surface area (Å²) < 4.78 is 18.1. The number of hydrogen-bond donors (Lipinski definition) is 1. The van der Waals surface area contributed by atoms with Gasteiger partial charge < -0.3 is 23.7 Å². The lowest BCUT2D eigenvalue weighted by atomic mass is 10.0. The molecule has 1 unspecified atom stereocenters. The summed E-state index contributed by atoms with van der Waals surface area (Å²) in [6.45, 7) is 6.10. The number of quaternary nitrogens is 1. The quantitative estimate of drug-likeness (QED) is 0.0309. The van der Waals surface area contributed by atoms with E-state index in [1.165, 1.54) is 146 Å². The number of thioether (sulfide) groups is 1. The Balaban J connectivity index is 2.43. The Hall–Kier alpha value is -2.00. The largest absolute Gasteiger partial charge is 0.487 e. The van der Waals surface area contributed by atoms with Gasteiger partial charge in [0.15, 0.2) is 6.10 Å². The molecule has 8 nitrogen and oxygen atoms in total. The molecule has 1 atom stereocenters. The number of unbranched alkanes of at least 4 members (excludes halogenated alkanes) is 24. The van der Waals surface area contributed by atoms with Gasteiger partial charge in [0.2, 0.25) is 0 Å². The molecule has 1 aromatic rings. The third-order valence-electron chi connectivity index (χ3n) is 10.4. The van der Waals surface area contributed by atoms with Crippen molar-refractivity contribution in [2.24, 2.45) is 0 Å². The Labute approximate surface area is 335 Å². The standard InChI is InChI=1S/C45H82N2O6S/c1-6-8-10-12-14-16-18-20-22-24-26-28-30-32-44(49)52-39-41(38-47(3,4)34-35-51-40-36-42(48)46-43(37-40)54-5)53-45(50)33-31-29-27-25-23-21-19-17-15-13-11-9-7-2/h36-37,41H,6-35,38-39H2,1-5H3/p+1. The van der Waals surface area contributed by atoms with Gasteiger partial charge >= 0.3 is 11.9 Å². The molecule has 0 radical (unpaired) electrons. The average Bonchev–Trinajstić information content (AvgIpc) is 3.14. The lowest BCUT2D eigenvalue weighted by Gasteiger charge is -2.33. The molecule has 0 aliphatic carbocycles. The van der Waals surface area contributed by atoms with Crippen LogP contribution in [0.5, 0.6) is 5.75 Å². The van der Waals surface area contributed by atoms with Gasteiger partial charge in [-0.2, -0.15) is 0 Å². The second-order valence-corrected chi connectivity index (χ2v) is 17.1. The van der Waals surface area contributed by atoms with Crippen LogP contribution in [0.2, 0.25) is 0 Å². The molecule has 0 spiro atoms. The van der Waals surface area contributed by atoms with Crippen molar-refractivity contribution < 1.29 is 28.3 Å². The molecule has 1 N–H and O–H groups in total. The minimum Gasteiger partial charge on any atom is -0.487 e. The van der Waals surface area contributed by atoms with Crippen molar-refractivity contribution >= 4 is 23.7 Å². The molecule has 0 aromatic carbocycles. The summed E-state index contributed by atoms with van der Waals surface area (Å²) in [5.41, 5.74) is -0.193. The van der Waals surface area contributed by atoms with Crippen LogP contribution >= 0.6 is 11.8 Å². The molecule has 54 heavy (non-hydrogen) atoms. The molecule has 9 heteroatoms. The highest BCUT2D eigenvalue weighted by molar-refractivity contribution is 7.98. The summed E-state index contributed by atoms with van der Waals surface area (Å²) in [6, 6.07) is 3.28. The summed E-state index contributed by atoms with van der Waals surface area (Å²) in [5, 5.41) is 0.752. The van der Waals surface area contributed by atoms with Crippen LogP contribution in [0.3, 0.4) is 0 Å². The zero-order chi connectivity index (χ0) is 39.5. The predicted octanol–water partition coefficient (Wildman–Crippen LogP) is 12.0. The SMILES string of the molecule is CCCCCCCCCCCCCCCC(=O)OCC(C[N+](C)(C)CCOc1cc(SC)[nH]c(=O)c1)OC(=O)CCCCCCCCCCCCCCC. The number of H-pyrrole nitrogens is 1. The van der Waals surface area contributed by atoms with E-state index in [1.54, 1.807) is 0 Å².